The van der Waals surface area contributed by atoms with Crippen LogP contribution in [0.4, 0.5) is 0 Å². The predicted octanol–water partition coefficient (Wildman–Crippen LogP) is 1.12. The lowest BCUT2D eigenvalue weighted by atomic mass is 9.84. The lowest BCUT2D eigenvalue weighted by Crippen LogP contribution is -2.57. The van der Waals surface area contributed by atoms with Gasteiger partial charge in [-0.25, -0.2) is 8.42 Å². The van der Waals surface area contributed by atoms with Crippen LogP contribution in [-0.2, 0) is 17.1 Å². The SMILES string of the molecule is Cn1nccc1S(=O)(=O)NC1(C(=N)N)CCCCCCC1. The molecule has 2 rings (SSSR count). The molecule has 0 saturated heterocycles. The second-order valence-corrected chi connectivity index (χ2v) is 7.29. The topological polar surface area (TPSA) is 114 Å². The van der Waals surface area contributed by atoms with Crippen molar-refractivity contribution in [2.24, 2.45) is 12.8 Å². The number of nitrogens with zero attached hydrogens (tertiary/aromatic N) is 2. The van der Waals surface area contributed by atoms with Gasteiger partial charge in [-0.1, -0.05) is 32.1 Å². The molecule has 1 aliphatic rings. The molecule has 1 aliphatic carbocycles. The molecule has 0 aromatic carbocycles. The molecule has 0 unspecified atom stereocenters. The summed E-state index contributed by atoms with van der Waals surface area (Å²) in [6, 6.07) is 1.44. The lowest BCUT2D eigenvalue weighted by molar-refractivity contribution is 0.366. The first-order valence-corrected chi connectivity index (χ1v) is 8.72. The van der Waals surface area contributed by atoms with Gasteiger partial charge in [-0.3, -0.25) is 10.1 Å². The Kier molecular flexibility index (Phi) is 4.67. The van der Waals surface area contributed by atoms with E-state index in [0.29, 0.717) is 12.8 Å². The molecule has 0 bridgehead atoms. The summed E-state index contributed by atoms with van der Waals surface area (Å²) < 4.78 is 29.1. The summed E-state index contributed by atoms with van der Waals surface area (Å²) in [5, 5.41) is 11.9. The van der Waals surface area contributed by atoms with E-state index in [2.05, 4.69) is 9.82 Å². The minimum Gasteiger partial charge on any atom is -0.386 e. The summed E-state index contributed by atoms with van der Waals surface area (Å²) in [6.45, 7) is 0. The number of rotatable bonds is 4. The van der Waals surface area contributed by atoms with Crippen LogP contribution in [0.3, 0.4) is 0 Å². The minimum atomic E-state index is -3.75. The third kappa shape index (κ3) is 3.44. The number of aryl methyl sites for hydroxylation is 1. The van der Waals surface area contributed by atoms with Crippen LogP contribution in [0.5, 0.6) is 0 Å². The summed E-state index contributed by atoms with van der Waals surface area (Å²) in [7, 11) is -2.17. The van der Waals surface area contributed by atoms with Gasteiger partial charge in [0.15, 0.2) is 5.03 Å². The van der Waals surface area contributed by atoms with Crippen molar-refractivity contribution in [1.29, 1.82) is 5.41 Å². The van der Waals surface area contributed by atoms with E-state index in [9.17, 15) is 8.42 Å². The molecule has 8 heteroatoms. The summed E-state index contributed by atoms with van der Waals surface area (Å²) in [6.07, 6.45) is 7.56. The Labute approximate surface area is 125 Å². The Morgan fingerprint density at radius 2 is 1.90 bits per heavy atom. The number of nitrogens with two attached hydrogens (primary N) is 1. The highest BCUT2D eigenvalue weighted by Gasteiger charge is 2.38. The van der Waals surface area contributed by atoms with Crippen LogP contribution in [0.1, 0.15) is 44.9 Å². The maximum absolute atomic E-state index is 12.6. The zero-order valence-corrected chi connectivity index (χ0v) is 13.1. The predicted molar refractivity (Wildman–Crippen MR) is 80.5 cm³/mol. The van der Waals surface area contributed by atoms with Gasteiger partial charge < -0.3 is 5.73 Å². The molecule has 0 atom stereocenters. The van der Waals surface area contributed by atoms with Crippen LogP contribution in [-0.4, -0.2) is 29.6 Å². The fourth-order valence-corrected chi connectivity index (χ4v) is 4.44. The second kappa shape index (κ2) is 6.15. The Balaban J connectivity index is 2.31. The highest BCUT2D eigenvalue weighted by Crippen LogP contribution is 2.28. The van der Waals surface area contributed by atoms with Gasteiger partial charge in [0.1, 0.15) is 5.84 Å². The molecular formula is C13H23N5O2S. The third-order valence-electron chi connectivity index (χ3n) is 4.10. The van der Waals surface area contributed by atoms with E-state index in [1.54, 1.807) is 7.05 Å². The van der Waals surface area contributed by atoms with Crippen LogP contribution in [0.2, 0.25) is 0 Å². The molecule has 1 heterocycles. The zero-order chi connectivity index (χ0) is 15.5. The molecule has 7 nitrogen and oxygen atoms in total. The molecule has 1 aromatic rings. The monoisotopic (exact) mass is 313 g/mol. The molecule has 0 aliphatic heterocycles. The van der Waals surface area contributed by atoms with E-state index < -0.39 is 15.6 Å². The highest BCUT2D eigenvalue weighted by atomic mass is 32.2. The standard InChI is InChI=1S/C13H23N5O2S/c1-18-11(7-10-16-18)21(19,20)17-13(12(14)15)8-5-3-2-4-6-9-13/h7,10,17H,2-6,8-9H2,1H3,(H3,14,15). The molecule has 118 valence electrons. The van der Waals surface area contributed by atoms with Crippen molar-refractivity contribution >= 4 is 15.9 Å². The van der Waals surface area contributed by atoms with Crippen molar-refractivity contribution in [1.82, 2.24) is 14.5 Å². The lowest BCUT2D eigenvalue weighted by Gasteiger charge is -2.34. The molecule has 1 aromatic heterocycles. The fraction of sp³-hybridized carbons (Fsp3) is 0.692. The molecular weight excluding hydrogens is 290 g/mol. The average molecular weight is 313 g/mol. The van der Waals surface area contributed by atoms with Crippen LogP contribution < -0.4 is 10.5 Å². The van der Waals surface area contributed by atoms with Crippen molar-refractivity contribution in [2.75, 3.05) is 0 Å². The van der Waals surface area contributed by atoms with Crippen molar-refractivity contribution in [3.8, 4) is 0 Å². The second-order valence-electron chi connectivity index (χ2n) is 5.66. The van der Waals surface area contributed by atoms with Crippen LogP contribution in [0, 0.1) is 5.41 Å². The summed E-state index contributed by atoms with van der Waals surface area (Å²) in [5.41, 5.74) is 4.79. The van der Waals surface area contributed by atoms with E-state index in [1.165, 1.54) is 16.9 Å². The maximum Gasteiger partial charge on any atom is 0.258 e. The summed E-state index contributed by atoms with van der Waals surface area (Å²) in [4.78, 5) is 0. The number of amidine groups is 1. The molecule has 1 fully saturated rings. The highest BCUT2D eigenvalue weighted by molar-refractivity contribution is 7.89. The van der Waals surface area contributed by atoms with Crippen LogP contribution in [0.25, 0.3) is 0 Å². The van der Waals surface area contributed by atoms with E-state index in [-0.39, 0.29) is 10.9 Å². The normalized spacial score (nSPS) is 19.7. The summed E-state index contributed by atoms with van der Waals surface area (Å²) >= 11 is 0. The first kappa shape index (κ1) is 16.0. The number of nitrogens with one attached hydrogen (secondary N) is 2. The van der Waals surface area contributed by atoms with Gasteiger partial charge in [0.25, 0.3) is 10.0 Å². The maximum atomic E-state index is 12.6. The number of hydrogen-bond donors (Lipinski definition) is 3. The first-order valence-electron chi connectivity index (χ1n) is 7.24. The van der Waals surface area contributed by atoms with Gasteiger partial charge in [-0.15, -0.1) is 0 Å². The fourth-order valence-electron chi connectivity index (χ4n) is 2.87. The van der Waals surface area contributed by atoms with Gasteiger partial charge in [0.05, 0.1) is 11.7 Å². The molecule has 0 radical (unpaired) electrons. The van der Waals surface area contributed by atoms with Gasteiger partial charge >= 0.3 is 0 Å². The van der Waals surface area contributed by atoms with Crippen LogP contribution >= 0.6 is 0 Å². The summed E-state index contributed by atoms with van der Waals surface area (Å²) in [5.74, 6) is -0.102. The number of sulfonamides is 1. The quantitative estimate of drug-likeness (QED) is 0.571. The van der Waals surface area contributed by atoms with Crippen molar-refractivity contribution < 1.29 is 8.42 Å². The Hall–Kier alpha value is -1.41. The van der Waals surface area contributed by atoms with E-state index in [4.69, 9.17) is 11.1 Å². The van der Waals surface area contributed by atoms with Gasteiger partial charge in [-0.05, 0) is 18.9 Å². The zero-order valence-electron chi connectivity index (χ0n) is 12.3. The third-order valence-corrected chi connectivity index (χ3v) is 5.71. The Bertz CT molecular complexity index is 600. The van der Waals surface area contributed by atoms with E-state index in [0.717, 1.165) is 32.1 Å². The molecule has 1 saturated carbocycles. The number of hydrogen-bond acceptors (Lipinski definition) is 4. The van der Waals surface area contributed by atoms with E-state index >= 15 is 0 Å². The smallest absolute Gasteiger partial charge is 0.258 e. The molecule has 0 amide bonds. The van der Waals surface area contributed by atoms with Gasteiger partial charge in [-0.2, -0.15) is 9.82 Å². The Morgan fingerprint density at radius 3 is 2.38 bits per heavy atom. The largest absolute Gasteiger partial charge is 0.386 e. The minimum absolute atomic E-state index is 0.0881. The van der Waals surface area contributed by atoms with Gasteiger partial charge in [0.2, 0.25) is 0 Å². The van der Waals surface area contributed by atoms with Gasteiger partial charge in [0, 0.05) is 7.05 Å². The molecule has 4 N–H and O–H groups in total. The van der Waals surface area contributed by atoms with Crippen LogP contribution in [0.15, 0.2) is 17.3 Å². The Morgan fingerprint density at radius 1 is 1.33 bits per heavy atom. The van der Waals surface area contributed by atoms with Crippen molar-refractivity contribution in [3.05, 3.63) is 12.3 Å². The van der Waals surface area contributed by atoms with Crippen molar-refractivity contribution in [2.45, 2.75) is 55.5 Å². The van der Waals surface area contributed by atoms with E-state index in [1.807, 2.05) is 0 Å². The molecule has 21 heavy (non-hydrogen) atoms. The molecule has 0 spiro atoms. The number of aromatic nitrogens is 2. The average Bonchev–Trinajstić information content (AvgIpc) is 2.79. The van der Waals surface area contributed by atoms with Crippen molar-refractivity contribution in [3.63, 3.8) is 0 Å². The first-order chi connectivity index (χ1) is 9.87.